The molecule has 0 saturated carbocycles. The zero-order valence-corrected chi connectivity index (χ0v) is 10.0. The molecule has 0 heterocycles. The molecule has 1 aliphatic rings. The zero-order chi connectivity index (χ0) is 12.7. The number of carbonyl (C=O) groups excluding carboxylic acids is 1. The lowest BCUT2D eigenvalue weighted by molar-refractivity contribution is -0.142. The van der Waals surface area contributed by atoms with Gasteiger partial charge in [0.25, 0.3) is 0 Å². The van der Waals surface area contributed by atoms with Crippen LogP contribution in [0.25, 0.3) is 0 Å². The molecule has 5 heteroatoms. The maximum absolute atomic E-state index is 11.6. The van der Waals surface area contributed by atoms with E-state index >= 15 is 0 Å². The van der Waals surface area contributed by atoms with Gasteiger partial charge >= 0.3 is 5.97 Å². The van der Waals surface area contributed by atoms with Gasteiger partial charge in [-0.05, 0) is 18.8 Å². The van der Waals surface area contributed by atoms with Crippen LogP contribution in [0.15, 0.2) is 12.2 Å². The van der Waals surface area contributed by atoms with Gasteiger partial charge in [0.1, 0.15) is 6.04 Å². The molecule has 1 amide bonds. The van der Waals surface area contributed by atoms with Crippen molar-refractivity contribution in [1.82, 2.24) is 5.32 Å². The van der Waals surface area contributed by atoms with E-state index in [0.717, 1.165) is 12.8 Å². The van der Waals surface area contributed by atoms with Gasteiger partial charge in [-0.15, -0.1) is 0 Å². The van der Waals surface area contributed by atoms with E-state index < -0.39 is 12.0 Å². The van der Waals surface area contributed by atoms with Crippen molar-refractivity contribution >= 4 is 11.9 Å². The Balaban J connectivity index is 2.34. The van der Waals surface area contributed by atoms with E-state index in [4.69, 9.17) is 9.84 Å². The molecule has 2 N–H and O–H groups in total. The number of hydrogen-bond donors (Lipinski definition) is 2. The number of rotatable bonds is 7. The molecule has 5 nitrogen and oxygen atoms in total. The summed E-state index contributed by atoms with van der Waals surface area (Å²) in [5.74, 6) is -0.964. The van der Waals surface area contributed by atoms with E-state index in [1.165, 1.54) is 7.11 Å². The quantitative estimate of drug-likeness (QED) is 0.651. The topological polar surface area (TPSA) is 75.6 Å². The van der Waals surface area contributed by atoms with E-state index in [1.807, 2.05) is 6.08 Å². The van der Waals surface area contributed by atoms with Crippen molar-refractivity contribution in [2.45, 2.75) is 31.7 Å². The Morgan fingerprint density at radius 2 is 2.35 bits per heavy atom. The summed E-state index contributed by atoms with van der Waals surface area (Å²) in [5.41, 5.74) is 0. The van der Waals surface area contributed by atoms with Gasteiger partial charge in [-0.1, -0.05) is 12.2 Å². The SMILES string of the molecule is COCCC(NC(=O)CC1C=CCC1)C(=O)O. The number of carboxylic acids is 1. The fourth-order valence-corrected chi connectivity index (χ4v) is 1.85. The van der Waals surface area contributed by atoms with Gasteiger partial charge in [-0.2, -0.15) is 0 Å². The number of nitrogens with one attached hydrogen (secondary N) is 1. The van der Waals surface area contributed by atoms with Crippen LogP contribution in [-0.2, 0) is 14.3 Å². The van der Waals surface area contributed by atoms with Gasteiger partial charge < -0.3 is 15.2 Å². The molecule has 1 aliphatic carbocycles. The first-order valence-corrected chi connectivity index (χ1v) is 5.81. The van der Waals surface area contributed by atoms with Gasteiger partial charge in [0.15, 0.2) is 0 Å². The molecule has 0 saturated heterocycles. The Labute approximate surface area is 101 Å². The summed E-state index contributed by atoms with van der Waals surface area (Å²) in [7, 11) is 1.50. The average Bonchev–Trinajstić information content (AvgIpc) is 2.76. The van der Waals surface area contributed by atoms with Crippen molar-refractivity contribution < 1.29 is 19.4 Å². The fourth-order valence-electron chi connectivity index (χ4n) is 1.85. The summed E-state index contributed by atoms with van der Waals surface area (Å²) in [6, 6.07) is -0.854. The van der Waals surface area contributed by atoms with Crippen molar-refractivity contribution in [3.8, 4) is 0 Å². The first-order chi connectivity index (χ1) is 8.13. The first kappa shape index (κ1) is 13.7. The summed E-state index contributed by atoms with van der Waals surface area (Å²) < 4.78 is 4.81. The maximum Gasteiger partial charge on any atom is 0.326 e. The third-order valence-electron chi connectivity index (χ3n) is 2.80. The number of methoxy groups -OCH3 is 1. The third kappa shape index (κ3) is 4.99. The summed E-state index contributed by atoms with van der Waals surface area (Å²) in [4.78, 5) is 22.5. The minimum absolute atomic E-state index is 0.204. The van der Waals surface area contributed by atoms with Crippen molar-refractivity contribution in [3.63, 3.8) is 0 Å². The minimum Gasteiger partial charge on any atom is -0.480 e. The monoisotopic (exact) mass is 241 g/mol. The summed E-state index contributed by atoms with van der Waals surface area (Å²) in [5, 5.41) is 11.5. The van der Waals surface area contributed by atoms with Crippen molar-refractivity contribution in [2.75, 3.05) is 13.7 Å². The van der Waals surface area contributed by atoms with Crippen LogP contribution >= 0.6 is 0 Å². The van der Waals surface area contributed by atoms with E-state index in [-0.39, 0.29) is 18.2 Å². The number of aliphatic carboxylic acids is 1. The molecule has 2 unspecified atom stereocenters. The van der Waals surface area contributed by atoms with Crippen LogP contribution in [0.3, 0.4) is 0 Å². The predicted octanol–water partition coefficient (Wildman–Crippen LogP) is 0.949. The van der Waals surface area contributed by atoms with Crippen LogP contribution in [0, 0.1) is 5.92 Å². The smallest absolute Gasteiger partial charge is 0.326 e. The molecule has 0 radical (unpaired) electrons. The number of allylic oxidation sites excluding steroid dienone is 2. The molecule has 0 aromatic heterocycles. The Hall–Kier alpha value is -1.36. The summed E-state index contributed by atoms with van der Waals surface area (Å²) in [6.07, 6.45) is 6.71. The summed E-state index contributed by atoms with van der Waals surface area (Å²) in [6.45, 7) is 0.320. The predicted molar refractivity (Wildman–Crippen MR) is 62.5 cm³/mol. The lowest BCUT2D eigenvalue weighted by Crippen LogP contribution is -2.41. The van der Waals surface area contributed by atoms with Crippen LogP contribution in [0.2, 0.25) is 0 Å². The van der Waals surface area contributed by atoms with Gasteiger partial charge in [0, 0.05) is 26.6 Å². The number of hydrogen-bond acceptors (Lipinski definition) is 3. The maximum atomic E-state index is 11.6. The number of ether oxygens (including phenoxy) is 1. The number of carboxylic acid groups (broad SMARTS) is 1. The third-order valence-corrected chi connectivity index (χ3v) is 2.80. The molecule has 0 fully saturated rings. The van der Waals surface area contributed by atoms with E-state index in [2.05, 4.69) is 11.4 Å². The first-order valence-electron chi connectivity index (χ1n) is 5.81. The highest BCUT2D eigenvalue weighted by atomic mass is 16.5. The fraction of sp³-hybridized carbons (Fsp3) is 0.667. The lowest BCUT2D eigenvalue weighted by Gasteiger charge is -2.15. The molecule has 2 atom stereocenters. The van der Waals surface area contributed by atoms with E-state index in [0.29, 0.717) is 13.0 Å². The minimum atomic E-state index is -1.02. The molecular weight excluding hydrogens is 222 g/mol. The second kappa shape index (κ2) is 7.06. The largest absolute Gasteiger partial charge is 0.480 e. The van der Waals surface area contributed by atoms with E-state index in [9.17, 15) is 9.59 Å². The highest BCUT2D eigenvalue weighted by Gasteiger charge is 2.21. The van der Waals surface area contributed by atoms with Crippen LogP contribution in [0.4, 0.5) is 0 Å². The molecule has 0 aromatic rings. The van der Waals surface area contributed by atoms with Gasteiger partial charge in [-0.25, -0.2) is 4.79 Å². The normalized spacial score (nSPS) is 20.2. The Kier molecular flexibility index (Phi) is 5.69. The molecule has 1 rings (SSSR count). The van der Waals surface area contributed by atoms with Gasteiger partial charge in [-0.3, -0.25) is 4.79 Å². The van der Waals surface area contributed by atoms with Crippen LogP contribution in [-0.4, -0.2) is 36.7 Å². The van der Waals surface area contributed by atoms with Crippen LogP contribution in [0.1, 0.15) is 25.7 Å². The Morgan fingerprint density at radius 3 is 2.88 bits per heavy atom. The van der Waals surface area contributed by atoms with Gasteiger partial charge in [0.05, 0.1) is 0 Å². The Bertz CT molecular complexity index is 301. The second-order valence-electron chi connectivity index (χ2n) is 4.21. The summed E-state index contributed by atoms with van der Waals surface area (Å²) >= 11 is 0. The molecular formula is C12H19NO4. The zero-order valence-electron chi connectivity index (χ0n) is 10.0. The molecule has 17 heavy (non-hydrogen) atoms. The number of amides is 1. The molecule has 0 aromatic carbocycles. The average molecular weight is 241 g/mol. The van der Waals surface area contributed by atoms with Crippen molar-refractivity contribution in [3.05, 3.63) is 12.2 Å². The van der Waals surface area contributed by atoms with E-state index in [1.54, 1.807) is 0 Å². The van der Waals surface area contributed by atoms with Crippen LogP contribution in [0.5, 0.6) is 0 Å². The second-order valence-corrected chi connectivity index (χ2v) is 4.21. The van der Waals surface area contributed by atoms with Crippen LogP contribution < -0.4 is 5.32 Å². The standard InChI is InChI=1S/C12H19NO4/c1-17-7-6-10(12(15)16)13-11(14)8-9-4-2-3-5-9/h2,4,9-10H,3,5-8H2,1H3,(H,13,14)(H,15,16). The van der Waals surface area contributed by atoms with Crippen molar-refractivity contribution in [1.29, 1.82) is 0 Å². The highest BCUT2D eigenvalue weighted by molar-refractivity contribution is 5.83. The van der Waals surface area contributed by atoms with Crippen molar-refractivity contribution in [2.24, 2.45) is 5.92 Å². The van der Waals surface area contributed by atoms with Gasteiger partial charge in [0.2, 0.25) is 5.91 Å². The Morgan fingerprint density at radius 1 is 1.59 bits per heavy atom. The number of carbonyl (C=O) groups is 2. The lowest BCUT2D eigenvalue weighted by atomic mass is 10.0. The highest BCUT2D eigenvalue weighted by Crippen LogP contribution is 2.20. The molecule has 96 valence electrons. The molecule has 0 spiro atoms. The molecule has 0 aliphatic heterocycles. The molecule has 0 bridgehead atoms.